The molecule has 0 aromatic carbocycles. The van der Waals surface area contributed by atoms with Gasteiger partial charge < -0.3 is 14.5 Å². The molecule has 23 heavy (non-hydrogen) atoms. The summed E-state index contributed by atoms with van der Waals surface area (Å²) in [5.74, 6) is 1.70. The van der Waals surface area contributed by atoms with Crippen molar-refractivity contribution in [1.29, 1.82) is 0 Å². The highest BCUT2D eigenvalue weighted by atomic mass is 16.5. The van der Waals surface area contributed by atoms with Crippen molar-refractivity contribution in [3.8, 4) is 0 Å². The minimum absolute atomic E-state index is 0.281. The molecule has 1 aromatic heterocycles. The maximum atomic E-state index is 5.78. The lowest BCUT2D eigenvalue weighted by Crippen LogP contribution is -3.27. The van der Waals surface area contributed by atoms with Gasteiger partial charge in [0.2, 0.25) is 5.82 Å². The standard InChI is InChI=1S/C16H30N6O/c1-13(2)11-15(21-8-6-20(3)7-9-21)16-17-18-19-22(16)12-14-5-4-10-23-14/h13-15H,4-12H2,1-3H3/p+2/t14-,15+/m1/s1. The molecule has 2 aliphatic heterocycles. The van der Waals surface area contributed by atoms with Crippen LogP contribution in [0.4, 0.5) is 0 Å². The summed E-state index contributed by atoms with van der Waals surface area (Å²) >= 11 is 0. The second kappa shape index (κ2) is 7.68. The Bertz CT molecular complexity index is 477. The van der Waals surface area contributed by atoms with Crippen molar-refractivity contribution < 1.29 is 14.5 Å². The van der Waals surface area contributed by atoms with E-state index in [2.05, 4.69) is 36.4 Å². The summed E-state index contributed by atoms with van der Waals surface area (Å²) in [5, 5.41) is 12.7. The Morgan fingerprint density at radius 3 is 2.70 bits per heavy atom. The van der Waals surface area contributed by atoms with Crippen LogP contribution in [0.5, 0.6) is 0 Å². The first-order valence-corrected chi connectivity index (χ1v) is 9.17. The lowest BCUT2D eigenvalue weighted by molar-refractivity contribution is -1.02. The Morgan fingerprint density at radius 1 is 1.26 bits per heavy atom. The number of hydrogen-bond acceptors (Lipinski definition) is 4. The first-order valence-electron chi connectivity index (χ1n) is 9.17. The molecule has 0 amide bonds. The van der Waals surface area contributed by atoms with E-state index in [9.17, 15) is 0 Å². The lowest BCUT2D eigenvalue weighted by atomic mass is 10.0. The molecule has 0 radical (unpaired) electrons. The molecule has 2 saturated heterocycles. The number of nitrogens with one attached hydrogen (secondary N) is 2. The van der Waals surface area contributed by atoms with Crippen molar-refractivity contribution in [3.63, 3.8) is 0 Å². The highest BCUT2D eigenvalue weighted by Crippen LogP contribution is 2.19. The number of nitrogens with zero attached hydrogens (tertiary/aromatic N) is 4. The Labute approximate surface area is 139 Å². The Morgan fingerprint density at radius 2 is 2.04 bits per heavy atom. The van der Waals surface area contributed by atoms with E-state index in [-0.39, 0.29) is 6.10 Å². The largest absolute Gasteiger partial charge is 0.376 e. The number of hydrogen-bond donors (Lipinski definition) is 2. The predicted molar refractivity (Wildman–Crippen MR) is 86.3 cm³/mol. The van der Waals surface area contributed by atoms with Crippen LogP contribution in [0.15, 0.2) is 0 Å². The summed E-state index contributed by atoms with van der Waals surface area (Å²) in [6.07, 6.45) is 3.70. The van der Waals surface area contributed by atoms with Crippen molar-refractivity contribution in [1.82, 2.24) is 20.2 Å². The quantitative estimate of drug-likeness (QED) is 0.658. The SMILES string of the molecule is CC(C)C[C@@H](c1nnnn1C[C@H]1CCCO1)[NH+]1CC[NH+](C)CC1. The second-order valence-electron chi connectivity index (χ2n) is 7.65. The fourth-order valence-corrected chi connectivity index (χ4v) is 3.84. The summed E-state index contributed by atoms with van der Waals surface area (Å²) in [5.41, 5.74) is 0. The molecule has 0 bridgehead atoms. The van der Waals surface area contributed by atoms with Gasteiger partial charge in [-0.25, -0.2) is 4.68 Å². The summed E-state index contributed by atoms with van der Waals surface area (Å²) in [6.45, 7) is 11.1. The third kappa shape index (κ3) is 4.28. The molecule has 1 aromatic rings. The number of tetrazole rings is 1. The van der Waals surface area contributed by atoms with Crippen molar-refractivity contribution >= 4 is 0 Å². The van der Waals surface area contributed by atoms with Crippen LogP contribution in [0.3, 0.4) is 0 Å². The van der Waals surface area contributed by atoms with E-state index >= 15 is 0 Å². The summed E-state index contributed by atoms with van der Waals surface area (Å²) < 4.78 is 7.79. The molecule has 2 fully saturated rings. The van der Waals surface area contributed by atoms with Gasteiger partial charge in [-0.15, -0.1) is 5.10 Å². The van der Waals surface area contributed by atoms with Crippen molar-refractivity contribution in [2.24, 2.45) is 5.92 Å². The number of piperazine rings is 1. The van der Waals surface area contributed by atoms with Crippen LogP contribution >= 0.6 is 0 Å². The Kier molecular flexibility index (Phi) is 5.61. The van der Waals surface area contributed by atoms with Crippen LogP contribution in [0.1, 0.15) is 45.0 Å². The molecule has 2 atom stereocenters. The van der Waals surface area contributed by atoms with Gasteiger partial charge in [0.05, 0.1) is 19.7 Å². The summed E-state index contributed by atoms with van der Waals surface area (Å²) in [7, 11) is 2.29. The monoisotopic (exact) mass is 324 g/mol. The van der Waals surface area contributed by atoms with Gasteiger partial charge in [0.25, 0.3) is 0 Å². The van der Waals surface area contributed by atoms with Gasteiger partial charge in [-0.3, -0.25) is 0 Å². The third-order valence-electron chi connectivity index (χ3n) is 5.22. The van der Waals surface area contributed by atoms with Crippen molar-refractivity contribution in [2.45, 2.75) is 51.8 Å². The number of rotatable bonds is 6. The van der Waals surface area contributed by atoms with Crippen molar-refractivity contribution in [3.05, 3.63) is 5.82 Å². The van der Waals surface area contributed by atoms with Gasteiger partial charge in [0, 0.05) is 13.0 Å². The van der Waals surface area contributed by atoms with E-state index in [4.69, 9.17) is 4.74 Å². The molecular formula is C16H32N6O+2. The van der Waals surface area contributed by atoms with Gasteiger partial charge in [-0.1, -0.05) is 13.8 Å². The average molecular weight is 324 g/mol. The molecule has 2 aliphatic rings. The molecule has 0 saturated carbocycles. The van der Waals surface area contributed by atoms with E-state index in [0.717, 1.165) is 38.2 Å². The van der Waals surface area contributed by atoms with Crippen LogP contribution in [0.25, 0.3) is 0 Å². The molecule has 130 valence electrons. The number of aromatic nitrogens is 4. The third-order valence-corrected chi connectivity index (χ3v) is 5.22. The van der Waals surface area contributed by atoms with Crippen LogP contribution < -0.4 is 9.80 Å². The van der Waals surface area contributed by atoms with E-state index in [1.807, 2.05) is 4.68 Å². The topological polar surface area (TPSA) is 61.7 Å². The second-order valence-corrected chi connectivity index (χ2v) is 7.65. The van der Waals surface area contributed by atoms with Gasteiger partial charge in [0.1, 0.15) is 26.2 Å². The minimum atomic E-state index is 0.281. The minimum Gasteiger partial charge on any atom is -0.376 e. The number of quaternary nitrogens is 2. The molecule has 7 nitrogen and oxygen atoms in total. The van der Waals surface area contributed by atoms with Gasteiger partial charge in [-0.05, 0) is 29.2 Å². The highest BCUT2D eigenvalue weighted by molar-refractivity contribution is 4.89. The smallest absolute Gasteiger partial charge is 0.209 e. The summed E-state index contributed by atoms with van der Waals surface area (Å²) in [4.78, 5) is 3.28. The van der Waals surface area contributed by atoms with E-state index in [1.165, 1.54) is 26.2 Å². The van der Waals surface area contributed by atoms with Crippen LogP contribution in [-0.4, -0.2) is 66.1 Å². The van der Waals surface area contributed by atoms with Gasteiger partial charge in [-0.2, -0.15) is 0 Å². The maximum Gasteiger partial charge on any atom is 0.209 e. The van der Waals surface area contributed by atoms with Gasteiger partial charge >= 0.3 is 0 Å². The zero-order valence-electron chi connectivity index (χ0n) is 14.8. The molecule has 7 heteroatoms. The fraction of sp³-hybridized carbons (Fsp3) is 0.938. The van der Waals surface area contributed by atoms with E-state index in [0.29, 0.717) is 12.0 Å². The lowest BCUT2D eigenvalue weighted by Gasteiger charge is -2.33. The van der Waals surface area contributed by atoms with Crippen LogP contribution in [0.2, 0.25) is 0 Å². The molecule has 3 rings (SSSR count). The predicted octanol–water partition coefficient (Wildman–Crippen LogP) is -1.65. The molecular weight excluding hydrogens is 292 g/mol. The highest BCUT2D eigenvalue weighted by Gasteiger charge is 2.34. The van der Waals surface area contributed by atoms with Crippen LogP contribution in [0, 0.1) is 5.92 Å². The zero-order valence-corrected chi connectivity index (χ0v) is 14.8. The molecule has 2 N–H and O–H groups in total. The Balaban J connectivity index is 1.75. The number of likely N-dealkylation sites (N-methyl/N-ethyl adjacent to an activating group) is 1. The van der Waals surface area contributed by atoms with Crippen molar-refractivity contribution in [2.75, 3.05) is 39.8 Å². The van der Waals surface area contributed by atoms with E-state index < -0.39 is 0 Å². The first-order chi connectivity index (χ1) is 11.1. The first kappa shape index (κ1) is 16.8. The molecule has 0 spiro atoms. The Hall–Kier alpha value is -1.05. The fourth-order valence-electron chi connectivity index (χ4n) is 3.84. The van der Waals surface area contributed by atoms with Gasteiger partial charge in [0.15, 0.2) is 6.04 Å². The van der Waals surface area contributed by atoms with E-state index in [1.54, 1.807) is 9.80 Å². The molecule has 0 aliphatic carbocycles. The molecule has 3 heterocycles. The molecule has 0 unspecified atom stereocenters. The average Bonchev–Trinajstić information content (AvgIpc) is 3.18. The number of ether oxygens (including phenoxy) is 1. The van der Waals surface area contributed by atoms with Crippen LogP contribution in [-0.2, 0) is 11.3 Å². The zero-order chi connectivity index (χ0) is 16.2. The normalized spacial score (nSPS) is 30.0. The maximum absolute atomic E-state index is 5.78. The summed E-state index contributed by atoms with van der Waals surface area (Å²) in [6, 6.07) is 0.402.